The molecular weight excluding hydrogens is 326 g/mol. The fourth-order valence-electron chi connectivity index (χ4n) is 4.57. The van der Waals surface area contributed by atoms with Gasteiger partial charge in [0.05, 0.1) is 5.60 Å². The summed E-state index contributed by atoms with van der Waals surface area (Å²) in [5.74, 6) is 2.53. The van der Waals surface area contributed by atoms with Crippen LogP contribution in [0.25, 0.3) is 5.65 Å². The first kappa shape index (κ1) is 15.8. The summed E-state index contributed by atoms with van der Waals surface area (Å²) in [6.45, 7) is 2.06. The second-order valence-electron chi connectivity index (χ2n) is 8.01. The van der Waals surface area contributed by atoms with Crippen molar-refractivity contribution in [2.75, 3.05) is 0 Å². The second-order valence-corrected chi connectivity index (χ2v) is 8.01. The third-order valence-corrected chi connectivity index (χ3v) is 6.33. The van der Waals surface area contributed by atoms with Crippen LogP contribution in [0.5, 0.6) is 11.5 Å². The molecule has 0 amide bonds. The minimum Gasteiger partial charge on any atom is -0.453 e. The van der Waals surface area contributed by atoms with Crippen LogP contribution in [-0.4, -0.2) is 25.3 Å². The number of aryl methyl sites for hydroxylation is 1. The van der Waals surface area contributed by atoms with Crippen molar-refractivity contribution in [3.63, 3.8) is 0 Å². The topological polar surface area (TPSA) is 59.7 Å². The lowest BCUT2D eigenvalue weighted by Crippen LogP contribution is -2.48. The van der Waals surface area contributed by atoms with Crippen LogP contribution in [0.1, 0.15) is 49.9 Å². The third-order valence-electron chi connectivity index (χ3n) is 6.33. The zero-order valence-corrected chi connectivity index (χ0v) is 15.0. The molecule has 5 heteroatoms. The fraction of sp³-hybridized carbons (Fsp3) is 0.429. The first-order chi connectivity index (χ1) is 12.6. The SMILES string of the molecule is Cc1ccc(Oc2cccn3c(C45CCC(O)(CC4)CC5)nnc23)cc1. The van der Waals surface area contributed by atoms with Crippen molar-refractivity contribution in [3.8, 4) is 11.5 Å². The molecule has 1 aromatic carbocycles. The van der Waals surface area contributed by atoms with E-state index in [9.17, 15) is 5.11 Å². The molecule has 0 radical (unpaired) electrons. The molecule has 134 valence electrons. The summed E-state index contributed by atoms with van der Waals surface area (Å²) in [5.41, 5.74) is 1.55. The van der Waals surface area contributed by atoms with Crippen molar-refractivity contribution in [2.24, 2.45) is 0 Å². The van der Waals surface area contributed by atoms with E-state index >= 15 is 0 Å². The maximum absolute atomic E-state index is 10.5. The average molecular weight is 349 g/mol. The van der Waals surface area contributed by atoms with E-state index in [1.54, 1.807) is 0 Å². The molecule has 0 aliphatic heterocycles. The number of fused-ring (bicyclic) bond motifs is 4. The van der Waals surface area contributed by atoms with Gasteiger partial charge < -0.3 is 9.84 Å². The molecule has 0 spiro atoms. The minimum absolute atomic E-state index is 0.0341. The molecule has 3 saturated carbocycles. The largest absolute Gasteiger partial charge is 0.453 e. The first-order valence-electron chi connectivity index (χ1n) is 9.38. The van der Waals surface area contributed by atoms with Crippen LogP contribution in [0.2, 0.25) is 0 Å². The Morgan fingerprint density at radius 1 is 0.962 bits per heavy atom. The van der Waals surface area contributed by atoms with Crippen LogP contribution < -0.4 is 4.74 Å². The number of ether oxygens (including phenoxy) is 1. The van der Waals surface area contributed by atoms with Crippen LogP contribution in [0.15, 0.2) is 42.6 Å². The van der Waals surface area contributed by atoms with Gasteiger partial charge in [0.15, 0.2) is 5.75 Å². The van der Waals surface area contributed by atoms with E-state index in [2.05, 4.69) is 21.5 Å². The second kappa shape index (κ2) is 5.55. The van der Waals surface area contributed by atoms with E-state index in [0.717, 1.165) is 61.5 Å². The Morgan fingerprint density at radius 3 is 2.35 bits per heavy atom. The Morgan fingerprint density at radius 2 is 1.65 bits per heavy atom. The predicted molar refractivity (Wildman–Crippen MR) is 98.6 cm³/mol. The Kier molecular flexibility index (Phi) is 3.38. The Bertz CT molecular complexity index is 937. The standard InChI is InChI=1S/C21H23N3O2/c1-15-4-6-16(7-5-15)26-17-3-2-14-24-18(17)22-23-19(24)20-8-11-21(25,12-9-20)13-10-20/h2-7,14,25H,8-13H2,1H3. The summed E-state index contributed by atoms with van der Waals surface area (Å²) in [5, 5.41) is 19.5. The lowest BCUT2D eigenvalue weighted by atomic mass is 9.58. The van der Waals surface area contributed by atoms with Crippen molar-refractivity contribution in [1.29, 1.82) is 0 Å². The van der Waals surface area contributed by atoms with Gasteiger partial charge in [-0.25, -0.2) is 0 Å². The molecule has 1 N–H and O–H groups in total. The monoisotopic (exact) mass is 349 g/mol. The van der Waals surface area contributed by atoms with Crippen LogP contribution in [-0.2, 0) is 5.41 Å². The van der Waals surface area contributed by atoms with Crippen molar-refractivity contribution < 1.29 is 9.84 Å². The lowest BCUT2D eigenvalue weighted by molar-refractivity contribution is -0.0682. The molecule has 26 heavy (non-hydrogen) atoms. The van der Waals surface area contributed by atoms with Crippen LogP contribution in [0.4, 0.5) is 0 Å². The number of aromatic nitrogens is 3. The molecule has 0 atom stereocenters. The van der Waals surface area contributed by atoms with Crippen molar-refractivity contribution >= 4 is 5.65 Å². The fourth-order valence-corrected chi connectivity index (χ4v) is 4.57. The van der Waals surface area contributed by atoms with E-state index < -0.39 is 5.60 Å². The number of benzene rings is 1. The van der Waals surface area contributed by atoms with Gasteiger partial charge in [0, 0.05) is 11.6 Å². The quantitative estimate of drug-likeness (QED) is 0.771. The molecule has 2 aromatic heterocycles. The van der Waals surface area contributed by atoms with Gasteiger partial charge >= 0.3 is 0 Å². The molecule has 0 saturated heterocycles. The van der Waals surface area contributed by atoms with Gasteiger partial charge in [-0.1, -0.05) is 17.7 Å². The minimum atomic E-state index is -0.443. The van der Waals surface area contributed by atoms with Crippen LogP contribution in [0.3, 0.4) is 0 Å². The van der Waals surface area contributed by atoms with E-state index in [4.69, 9.17) is 4.74 Å². The van der Waals surface area contributed by atoms with E-state index in [1.807, 2.05) is 42.6 Å². The molecule has 0 unspecified atom stereocenters. The normalized spacial score (nSPS) is 27.8. The highest BCUT2D eigenvalue weighted by atomic mass is 16.5. The van der Waals surface area contributed by atoms with Gasteiger partial charge in [-0.3, -0.25) is 4.40 Å². The van der Waals surface area contributed by atoms with Crippen LogP contribution in [0, 0.1) is 6.92 Å². The Hall–Kier alpha value is -2.40. The highest BCUT2D eigenvalue weighted by molar-refractivity contribution is 5.55. The van der Waals surface area contributed by atoms with Gasteiger partial charge in [0.1, 0.15) is 11.6 Å². The molecular formula is C21H23N3O2. The zero-order valence-electron chi connectivity index (χ0n) is 15.0. The summed E-state index contributed by atoms with van der Waals surface area (Å²) >= 11 is 0. The number of hydrogen-bond acceptors (Lipinski definition) is 4. The summed E-state index contributed by atoms with van der Waals surface area (Å²) in [4.78, 5) is 0. The van der Waals surface area contributed by atoms with Crippen LogP contribution >= 0.6 is 0 Å². The Balaban J connectivity index is 1.53. The van der Waals surface area contributed by atoms with Gasteiger partial charge in [-0.05, 0) is 69.7 Å². The summed E-state index contributed by atoms with van der Waals surface area (Å²) in [6.07, 6.45) is 7.55. The lowest BCUT2D eigenvalue weighted by Gasteiger charge is -2.49. The molecule has 5 nitrogen and oxygen atoms in total. The predicted octanol–water partition coefficient (Wildman–Crippen LogP) is 4.17. The van der Waals surface area contributed by atoms with Gasteiger partial charge in [-0.15, -0.1) is 10.2 Å². The summed E-state index contributed by atoms with van der Waals surface area (Å²) in [7, 11) is 0. The van der Waals surface area contributed by atoms with Crippen molar-refractivity contribution in [1.82, 2.24) is 14.6 Å². The molecule has 3 aliphatic rings. The molecule has 3 aliphatic carbocycles. The highest BCUT2D eigenvalue weighted by Gasteiger charge is 2.50. The molecule has 3 aromatic rings. The Labute approximate surface area is 152 Å². The first-order valence-corrected chi connectivity index (χ1v) is 9.38. The van der Waals surface area contributed by atoms with E-state index in [0.29, 0.717) is 0 Å². The maximum atomic E-state index is 10.5. The van der Waals surface area contributed by atoms with Gasteiger partial charge in [-0.2, -0.15) is 0 Å². The van der Waals surface area contributed by atoms with E-state index in [1.165, 1.54) is 5.56 Å². The number of hydrogen-bond donors (Lipinski definition) is 1. The van der Waals surface area contributed by atoms with Gasteiger partial charge in [0.25, 0.3) is 0 Å². The highest BCUT2D eigenvalue weighted by Crippen LogP contribution is 2.53. The number of aliphatic hydroxyl groups is 1. The van der Waals surface area contributed by atoms with Crippen molar-refractivity contribution in [3.05, 3.63) is 54.0 Å². The van der Waals surface area contributed by atoms with Crippen molar-refractivity contribution in [2.45, 2.75) is 56.5 Å². The summed E-state index contributed by atoms with van der Waals surface area (Å²) in [6, 6.07) is 11.9. The molecule has 6 rings (SSSR count). The molecule has 2 heterocycles. The maximum Gasteiger partial charge on any atom is 0.203 e. The number of rotatable bonds is 3. The average Bonchev–Trinajstić information content (AvgIpc) is 3.11. The summed E-state index contributed by atoms with van der Waals surface area (Å²) < 4.78 is 8.16. The number of pyridine rings is 1. The zero-order chi connectivity index (χ0) is 17.8. The third kappa shape index (κ3) is 2.42. The molecule has 3 fully saturated rings. The van der Waals surface area contributed by atoms with Gasteiger partial charge in [0.2, 0.25) is 5.65 Å². The number of nitrogens with zero attached hydrogens (tertiary/aromatic N) is 3. The smallest absolute Gasteiger partial charge is 0.203 e. The molecule has 2 bridgehead atoms. The van der Waals surface area contributed by atoms with E-state index in [-0.39, 0.29) is 5.41 Å².